The lowest BCUT2D eigenvalue weighted by atomic mass is 10.1. The van der Waals surface area contributed by atoms with Crippen molar-refractivity contribution < 1.29 is 0 Å². The molecule has 0 radical (unpaired) electrons. The van der Waals surface area contributed by atoms with Crippen molar-refractivity contribution in [2.75, 3.05) is 14.1 Å². The lowest BCUT2D eigenvalue weighted by Gasteiger charge is -2.12. The van der Waals surface area contributed by atoms with Gasteiger partial charge in [0.15, 0.2) is 0 Å². The molecule has 13 heavy (non-hydrogen) atoms. The Morgan fingerprint density at radius 3 is 2.62 bits per heavy atom. The fourth-order valence-electron chi connectivity index (χ4n) is 1.07. The maximum absolute atomic E-state index is 3.48. The average molecular weight is 243 g/mol. The SMILES string of the molecule is Cc1cc(CNN(C)C)ccc1Br. The predicted octanol–water partition coefficient (Wildman–Crippen LogP) is 2.32. The Bertz CT molecular complexity index is 284. The molecule has 1 aromatic carbocycles. The summed E-state index contributed by atoms with van der Waals surface area (Å²) in [5.41, 5.74) is 5.80. The highest BCUT2D eigenvalue weighted by Gasteiger charge is 1.97. The van der Waals surface area contributed by atoms with Crippen molar-refractivity contribution in [1.82, 2.24) is 10.4 Å². The largest absolute Gasteiger partial charge is 0.251 e. The van der Waals surface area contributed by atoms with Gasteiger partial charge >= 0.3 is 0 Å². The number of halogens is 1. The minimum atomic E-state index is 0.876. The monoisotopic (exact) mass is 242 g/mol. The van der Waals surface area contributed by atoms with E-state index >= 15 is 0 Å². The normalized spacial score (nSPS) is 10.8. The zero-order valence-electron chi connectivity index (χ0n) is 8.26. The van der Waals surface area contributed by atoms with E-state index in [1.54, 1.807) is 0 Å². The van der Waals surface area contributed by atoms with E-state index in [0.717, 1.165) is 6.54 Å². The molecule has 2 nitrogen and oxygen atoms in total. The van der Waals surface area contributed by atoms with Crippen molar-refractivity contribution in [3.8, 4) is 0 Å². The van der Waals surface area contributed by atoms with E-state index < -0.39 is 0 Å². The van der Waals surface area contributed by atoms with Gasteiger partial charge in [-0.3, -0.25) is 10.4 Å². The molecular weight excluding hydrogens is 228 g/mol. The molecule has 0 unspecified atom stereocenters. The predicted molar refractivity (Wildman–Crippen MR) is 59.4 cm³/mol. The maximum atomic E-state index is 3.48. The van der Waals surface area contributed by atoms with Crippen molar-refractivity contribution in [2.24, 2.45) is 0 Å². The van der Waals surface area contributed by atoms with Crippen molar-refractivity contribution in [1.29, 1.82) is 0 Å². The van der Waals surface area contributed by atoms with E-state index in [2.05, 4.69) is 46.5 Å². The summed E-state index contributed by atoms with van der Waals surface area (Å²) in [4.78, 5) is 0. The lowest BCUT2D eigenvalue weighted by molar-refractivity contribution is 0.286. The second-order valence-corrected chi connectivity index (χ2v) is 4.17. The minimum Gasteiger partial charge on any atom is -0.251 e. The number of hydrogen-bond donors (Lipinski definition) is 1. The van der Waals surface area contributed by atoms with Gasteiger partial charge in [0.2, 0.25) is 0 Å². The molecule has 0 saturated heterocycles. The summed E-state index contributed by atoms with van der Waals surface area (Å²) in [7, 11) is 3.98. The smallest absolute Gasteiger partial charge is 0.0353 e. The summed E-state index contributed by atoms with van der Waals surface area (Å²) in [5, 5.41) is 1.96. The average Bonchev–Trinajstić information content (AvgIpc) is 2.07. The molecule has 1 rings (SSSR count). The van der Waals surface area contributed by atoms with Crippen molar-refractivity contribution >= 4 is 15.9 Å². The van der Waals surface area contributed by atoms with E-state index in [4.69, 9.17) is 0 Å². The highest BCUT2D eigenvalue weighted by molar-refractivity contribution is 9.10. The fraction of sp³-hybridized carbons (Fsp3) is 0.400. The van der Waals surface area contributed by atoms with Crippen LogP contribution in [0.25, 0.3) is 0 Å². The van der Waals surface area contributed by atoms with E-state index in [-0.39, 0.29) is 0 Å². The van der Waals surface area contributed by atoms with E-state index in [1.165, 1.54) is 15.6 Å². The standard InChI is InChI=1S/C10H15BrN2/c1-8-6-9(4-5-10(8)11)7-12-13(2)3/h4-6,12H,7H2,1-3H3. The Labute approximate surface area is 88.0 Å². The van der Waals surface area contributed by atoms with Crippen LogP contribution >= 0.6 is 15.9 Å². The highest BCUT2D eigenvalue weighted by Crippen LogP contribution is 2.16. The zero-order valence-corrected chi connectivity index (χ0v) is 9.85. The van der Waals surface area contributed by atoms with Crippen LogP contribution in [-0.2, 0) is 6.54 Å². The van der Waals surface area contributed by atoms with Crippen molar-refractivity contribution in [3.05, 3.63) is 33.8 Å². The summed E-state index contributed by atoms with van der Waals surface area (Å²) >= 11 is 3.48. The quantitative estimate of drug-likeness (QED) is 0.819. The van der Waals surface area contributed by atoms with Crippen LogP contribution in [-0.4, -0.2) is 19.1 Å². The molecule has 0 aliphatic carbocycles. The third kappa shape index (κ3) is 3.46. The van der Waals surface area contributed by atoms with Gasteiger partial charge < -0.3 is 0 Å². The van der Waals surface area contributed by atoms with Gasteiger partial charge in [0.25, 0.3) is 0 Å². The van der Waals surface area contributed by atoms with Crippen LogP contribution in [0.15, 0.2) is 22.7 Å². The summed E-state index contributed by atoms with van der Waals surface area (Å²) in [6.07, 6.45) is 0. The number of nitrogens with zero attached hydrogens (tertiary/aromatic N) is 1. The molecule has 1 N–H and O–H groups in total. The third-order valence-electron chi connectivity index (χ3n) is 1.82. The van der Waals surface area contributed by atoms with Crippen LogP contribution < -0.4 is 5.43 Å². The number of hydrazine groups is 1. The number of aryl methyl sites for hydroxylation is 1. The molecule has 1 aromatic rings. The molecule has 0 aliphatic heterocycles. The van der Waals surface area contributed by atoms with Gasteiger partial charge in [-0.2, -0.15) is 0 Å². The number of nitrogens with one attached hydrogen (secondary N) is 1. The topological polar surface area (TPSA) is 15.3 Å². The summed E-state index contributed by atoms with van der Waals surface area (Å²) in [6.45, 7) is 2.98. The molecule has 0 heterocycles. The first kappa shape index (κ1) is 10.7. The summed E-state index contributed by atoms with van der Waals surface area (Å²) in [6, 6.07) is 6.39. The Hall–Kier alpha value is -0.380. The first-order valence-electron chi connectivity index (χ1n) is 4.25. The maximum Gasteiger partial charge on any atom is 0.0353 e. The Kier molecular flexibility index (Phi) is 3.90. The highest BCUT2D eigenvalue weighted by atomic mass is 79.9. The second-order valence-electron chi connectivity index (χ2n) is 3.31. The summed E-state index contributed by atoms with van der Waals surface area (Å²) < 4.78 is 1.17. The molecule has 0 aromatic heterocycles. The summed E-state index contributed by atoms with van der Waals surface area (Å²) in [5.74, 6) is 0. The minimum absolute atomic E-state index is 0.876. The third-order valence-corrected chi connectivity index (χ3v) is 2.71. The van der Waals surface area contributed by atoms with Gasteiger partial charge in [-0.15, -0.1) is 0 Å². The zero-order chi connectivity index (χ0) is 9.84. The molecule has 3 heteroatoms. The molecule has 0 fully saturated rings. The van der Waals surface area contributed by atoms with Gasteiger partial charge in [-0.25, -0.2) is 0 Å². The molecule has 0 aliphatic rings. The lowest BCUT2D eigenvalue weighted by Crippen LogP contribution is -2.29. The molecule has 0 spiro atoms. The number of benzene rings is 1. The van der Waals surface area contributed by atoms with Gasteiger partial charge in [0.1, 0.15) is 0 Å². The van der Waals surface area contributed by atoms with Crippen LogP contribution in [0.2, 0.25) is 0 Å². The van der Waals surface area contributed by atoms with E-state index in [9.17, 15) is 0 Å². The number of rotatable bonds is 3. The van der Waals surface area contributed by atoms with Gasteiger partial charge in [0.05, 0.1) is 0 Å². The van der Waals surface area contributed by atoms with E-state index in [1.807, 2.05) is 19.1 Å². The Morgan fingerprint density at radius 2 is 2.08 bits per heavy atom. The van der Waals surface area contributed by atoms with Crippen LogP contribution in [0, 0.1) is 6.92 Å². The number of hydrogen-bond acceptors (Lipinski definition) is 2. The Morgan fingerprint density at radius 1 is 1.38 bits per heavy atom. The van der Waals surface area contributed by atoms with Gasteiger partial charge in [0, 0.05) is 25.1 Å². The first-order valence-corrected chi connectivity index (χ1v) is 5.05. The van der Waals surface area contributed by atoms with Crippen LogP contribution in [0.5, 0.6) is 0 Å². The molecule has 0 amide bonds. The Balaban J connectivity index is 2.63. The molecule has 72 valence electrons. The van der Waals surface area contributed by atoms with Crippen molar-refractivity contribution in [3.63, 3.8) is 0 Å². The van der Waals surface area contributed by atoms with Crippen LogP contribution in [0.4, 0.5) is 0 Å². The van der Waals surface area contributed by atoms with Gasteiger partial charge in [-0.1, -0.05) is 28.1 Å². The van der Waals surface area contributed by atoms with E-state index in [0.29, 0.717) is 0 Å². The molecule has 0 atom stereocenters. The molecule has 0 bridgehead atoms. The van der Waals surface area contributed by atoms with Crippen LogP contribution in [0.1, 0.15) is 11.1 Å². The van der Waals surface area contributed by atoms with Crippen molar-refractivity contribution in [2.45, 2.75) is 13.5 Å². The molecule has 0 saturated carbocycles. The molecular formula is C10H15BrN2. The fourth-order valence-corrected chi connectivity index (χ4v) is 1.31. The second kappa shape index (κ2) is 4.74. The van der Waals surface area contributed by atoms with Crippen LogP contribution in [0.3, 0.4) is 0 Å². The first-order chi connectivity index (χ1) is 6.09. The van der Waals surface area contributed by atoms with Gasteiger partial charge in [-0.05, 0) is 24.1 Å².